The zero-order chi connectivity index (χ0) is 17.6. The van der Waals surface area contributed by atoms with Gasteiger partial charge in [0.2, 0.25) is 5.56 Å². The summed E-state index contributed by atoms with van der Waals surface area (Å²) in [6, 6.07) is 13.7. The molecule has 0 bridgehead atoms. The number of rotatable bonds is 2. The number of pyridine rings is 1. The zero-order valence-electron chi connectivity index (χ0n) is 12.7. The molecule has 0 saturated heterocycles. The maximum Gasteiger partial charge on any atom is 0.364 e. The summed E-state index contributed by atoms with van der Waals surface area (Å²) < 4.78 is 0. The predicted octanol–water partition coefficient (Wildman–Crippen LogP) is 1.90. The van der Waals surface area contributed by atoms with Gasteiger partial charge in [-0.15, -0.1) is 0 Å². The molecule has 1 aromatic heterocycles. The molecule has 1 aliphatic heterocycles. The van der Waals surface area contributed by atoms with E-state index in [4.69, 9.17) is 4.84 Å². The van der Waals surface area contributed by atoms with Crippen LogP contribution in [0.25, 0.3) is 10.9 Å². The number of hydroxylamine groups is 2. The number of amides is 2. The van der Waals surface area contributed by atoms with E-state index >= 15 is 0 Å². The van der Waals surface area contributed by atoms with Crippen LogP contribution in [0.2, 0.25) is 0 Å². The van der Waals surface area contributed by atoms with Gasteiger partial charge < -0.3 is 9.82 Å². The highest BCUT2D eigenvalue weighted by Gasteiger charge is 2.38. The molecule has 0 radical (unpaired) electrons. The van der Waals surface area contributed by atoms with Crippen LogP contribution < -0.4 is 5.56 Å². The molecule has 1 aliphatic rings. The van der Waals surface area contributed by atoms with Gasteiger partial charge in [0.15, 0.2) is 0 Å². The predicted molar refractivity (Wildman–Crippen MR) is 86.9 cm³/mol. The molecule has 25 heavy (non-hydrogen) atoms. The minimum absolute atomic E-state index is 0.130. The highest BCUT2D eigenvalue weighted by molar-refractivity contribution is 6.21. The summed E-state index contributed by atoms with van der Waals surface area (Å²) >= 11 is 0. The Bertz CT molecular complexity index is 1080. The molecule has 3 aromatic rings. The summed E-state index contributed by atoms with van der Waals surface area (Å²) in [5.41, 5.74) is 0.637. The first-order valence-electron chi connectivity index (χ1n) is 7.38. The second kappa shape index (κ2) is 5.41. The van der Waals surface area contributed by atoms with Crippen molar-refractivity contribution in [3.63, 3.8) is 0 Å². The standard InChI is InChI=1S/C18H10N2O5/c21-15-9-8-10-13(6-3-7-14(10)19-15)18(24)25-20-16(22)11-4-1-2-5-12(11)17(20)23/h1-9H,(H,19,21). The third kappa shape index (κ3) is 2.29. The number of aromatic amines is 1. The summed E-state index contributed by atoms with van der Waals surface area (Å²) in [4.78, 5) is 56.0. The lowest BCUT2D eigenvalue weighted by molar-refractivity contribution is -0.0583. The van der Waals surface area contributed by atoms with Crippen molar-refractivity contribution < 1.29 is 19.2 Å². The average Bonchev–Trinajstić information content (AvgIpc) is 2.86. The molecule has 2 aromatic carbocycles. The van der Waals surface area contributed by atoms with Gasteiger partial charge in [0.1, 0.15) is 0 Å². The van der Waals surface area contributed by atoms with Gasteiger partial charge >= 0.3 is 5.97 Å². The molecule has 4 rings (SSSR count). The Labute approximate surface area is 140 Å². The monoisotopic (exact) mass is 334 g/mol. The van der Waals surface area contributed by atoms with Crippen molar-refractivity contribution in [3.8, 4) is 0 Å². The molecule has 7 heteroatoms. The highest BCUT2D eigenvalue weighted by Crippen LogP contribution is 2.24. The lowest BCUT2D eigenvalue weighted by atomic mass is 10.1. The number of carbonyl (C=O) groups is 3. The third-order valence-corrected chi connectivity index (χ3v) is 3.92. The van der Waals surface area contributed by atoms with Crippen molar-refractivity contribution in [3.05, 3.63) is 81.6 Å². The Kier molecular flexibility index (Phi) is 3.21. The van der Waals surface area contributed by atoms with Crippen LogP contribution in [0.4, 0.5) is 0 Å². The second-order valence-corrected chi connectivity index (χ2v) is 5.42. The van der Waals surface area contributed by atoms with Crippen molar-refractivity contribution in [1.82, 2.24) is 10.0 Å². The number of fused-ring (bicyclic) bond motifs is 2. The molecule has 0 fully saturated rings. The fraction of sp³-hybridized carbons (Fsp3) is 0. The van der Waals surface area contributed by atoms with Crippen molar-refractivity contribution in [2.24, 2.45) is 0 Å². The van der Waals surface area contributed by atoms with E-state index in [9.17, 15) is 19.2 Å². The van der Waals surface area contributed by atoms with Gasteiger partial charge in [-0.05, 0) is 30.3 Å². The Morgan fingerprint density at radius 2 is 1.52 bits per heavy atom. The molecule has 2 amide bonds. The highest BCUT2D eigenvalue weighted by atomic mass is 16.7. The summed E-state index contributed by atoms with van der Waals surface area (Å²) in [7, 11) is 0. The van der Waals surface area contributed by atoms with Gasteiger partial charge in [0.05, 0.1) is 16.7 Å². The van der Waals surface area contributed by atoms with Gasteiger partial charge in [0, 0.05) is 17.0 Å². The average molecular weight is 334 g/mol. The number of hydrogen-bond acceptors (Lipinski definition) is 5. The lowest BCUT2D eigenvalue weighted by Crippen LogP contribution is -2.32. The minimum atomic E-state index is -0.868. The third-order valence-electron chi connectivity index (χ3n) is 3.92. The number of carbonyl (C=O) groups excluding carboxylic acids is 3. The van der Waals surface area contributed by atoms with Crippen LogP contribution in [0.5, 0.6) is 0 Å². The van der Waals surface area contributed by atoms with Crippen LogP contribution in [0.3, 0.4) is 0 Å². The van der Waals surface area contributed by atoms with E-state index in [2.05, 4.69) is 4.98 Å². The van der Waals surface area contributed by atoms with E-state index in [-0.39, 0.29) is 22.2 Å². The van der Waals surface area contributed by atoms with Crippen LogP contribution in [0.1, 0.15) is 31.1 Å². The van der Waals surface area contributed by atoms with Crippen LogP contribution in [0, 0.1) is 0 Å². The molecule has 0 aliphatic carbocycles. The SMILES string of the molecule is O=C(ON1C(=O)c2ccccc2C1=O)c1cccc2[nH]c(=O)ccc12. The summed E-state index contributed by atoms with van der Waals surface area (Å²) in [5.74, 6) is -2.25. The quantitative estimate of drug-likeness (QED) is 0.722. The van der Waals surface area contributed by atoms with Gasteiger partial charge in [-0.2, -0.15) is 0 Å². The molecular formula is C18H10N2O5. The number of nitrogens with zero attached hydrogens (tertiary/aromatic N) is 1. The fourth-order valence-corrected chi connectivity index (χ4v) is 2.75. The Morgan fingerprint density at radius 1 is 0.840 bits per heavy atom. The Balaban J connectivity index is 1.69. The smallest absolute Gasteiger partial charge is 0.324 e. The van der Waals surface area contributed by atoms with E-state index in [0.717, 1.165) is 0 Å². The van der Waals surface area contributed by atoms with E-state index in [1.807, 2.05) is 0 Å². The van der Waals surface area contributed by atoms with Crippen LogP contribution in [-0.2, 0) is 4.84 Å². The molecule has 0 unspecified atom stereocenters. The van der Waals surface area contributed by atoms with E-state index in [1.54, 1.807) is 24.3 Å². The molecule has 2 heterocycles. The number of nitrogens with one attached hydrogen (secondary N) is 1. The summed E-state index contributed by atoms with van der Waals surface area (Å²) in [5, 5.41) is 0.904. The Morgan fingerprint density at radius 3 is 2.20 bits per heavy atom. The molecule has 1 N–H and O–H groups in total. The van der Waals surface area contributed by atoms with Gasteiger partial charge in [-0.1, -0.05) is 23.3 Å². The lowest BCUT2D eigenvalue weighted by Gasteiger charge is -2.13. The topological polar surface area (TPSA) is 96.5 Å². The second-order valence-electron chi connectivity index (χ2n) is 5.42. The fourth-order valence-electron chi connectivity index (χ4n) is 2.75. The summed E-state index contributed by atoms with van der Waals surface area (Å²) in [6.45, 7) is 0. The first kappa shape index (κ1) is 14.8. The van der Waals surface area contributed by atoms with Crippen molar-refractivity contribution in [1.29, 1.82) is 0 Å². The van der Waals surface area contributed by atoms with Crippen LogP contribution in [-0.4, -0.2) is 27.8 Å². The minimum Gasteiger partial charge on any atom is -0.324 e. The number of H-pyrrole nitrogens is 1. The molecule has 7 nitrogen and oxygen atoms in total. The number of imide groups is 1. The largest absolute Gasteiger partial charge is 0.364 e. The van der Waals surface area contributed by atoms with Gasteiger partial charge in [0.25, 0.3) is 11.8 Å². The molecule has 0 spiro atoms. The number of aromatic nitrogens is 1. The van der Waals surface area contributed by atoms with Crippen LogP contribution >= 0.6 is 0 Å². The van der Waals surface area contributed by atoms with Crippen molar-refractivity contribution in [2.75, 3.05) is 0 Å². The first-order chi connectivity index (χ1) is 12.1. The molecule has 122 valence electrons. The van der Waals surface area contributed by atoms with E-state index < -0.39 is 17.8 Å². The van der Waals surface area contributed by atoms with E-state index in [1.165, 1.54) is 30.3 Å². The molecule has 0 atom stereocenters. The number of benzene rings is 2. The van der Waals surface area contributed by atoms with Crippen molar-refractivity contribution >= 4 is 28.7 Å². The normalized spacial score (nSPS) is 13.2. The first-order valence-corrected chi connectivity index (χ1v) is 7.38. The van der Waals surface area contributed by atoms with Crippen molar-refractivity contribution in [2.45, 2.75) is 0 Å². The zero-order valence-corrected chi connectivity index (χ0v) is 12.7. The van der Waals surface area contributed by atoms with Gasteiger partial charge in [-0.3, -0.25) is 14.4 Å². The number of hydrogen-bond donors (Lipinski definition) is 1. The van der Waals surface area contributed by atoms with E-state index in [0.29, 0.717) is 16.0 Å². The van der Waals surface area contributed by atoms with Crippen LogP contribution in [0.15, 0.2) is 59.4 Å². The van der Waals surface area contributed by atoms with Gasteiger partial charge in [-0.25, -0.2) is 4.79 Å². The maximum absolute atomic E-state index is 12.5. The maximum atomic E-state index is 12.5. The Hall–Kier alpha value is -3.74. The summed E-state index contributed by atoms with van der Waals surface area (Å²) in [6.07, 6.45) is 0. The molecular weight excluding hydrogens is 324 g/mol. The molecule has 0 saturated carbocycles.